The number of nitrogens with zero attached hydrogens (tertiary/aromatic N) is 1. The van der Waals surface area contributed by atoms with E-state index in [4.69, 9.17) is 5.73 Å². The molecule has 2 heterocycles. The molecule has 2 N–H and O–H groups in total. The van der Waals surface area contributed by atoms with Crippen molar-refractivity contribution in [1.82, 2.24) is 4.37 Å². The van der Waals surface area contributed by atoms with E-state index in [0.717, 1.165) is 4.88 Å². The molecule has 0 saturated heterocycles. The van der Waals surface area contributed by atoms with Gasteiger partial charge in [0.1, 0.15) is 0 Å². The number of nitrogens with two attached hydrogens (primary N) is 1. The number of aromatic nitrogens is 1. The number of hydrogen-bond acceptors (Lipinski definition) is 4. The van der Waals surface area contributed by atoms with E-state index in [0.29, 0.717) is 0 Å². The highest BCUT2D eigenvalue weighted by Crippen LogP contribution is 2.23. The maximum atomic E-state index is 5.98. The first kappa shape index (κ1) is 7.91. The smallest absolute Gasteiger partial charge is 0.0670 e. The highest BCUT2D eigenvalue weighted by molar-refractivity contribution is 7.08. The molecule has 0 aliphatic heterocycles. The van der Waals surface area contributed by atoms with Gasteiger partial charge in [0.05, 0.1) is 6.04 Å². The van der Waals surface area contributed by atoms with Gasteiger partial charge < -0.3 is 5.73 Å². The number of rotatable bonds is 2. The molecule has 0 aromatic carbocycles. The SMILES string of the molecule is NC(c1ccsc1)c1ccns1. The molecule has 4 heteroatoms. The summed E-state index contributed by atoms with van der Waals surface area (Å²) in [5, 5.41) is 4.11. The third-order valence-corrected chi connectivity index (χ3v) is 3.20. The Balaban J connectivity index is 2.27. The van der Waals surface area contributed by atoms with E-state index in [9.17, 15) is 0 Å². The Morgan fingerprint density at radius 3 is 2.92 bits per heavy atom. The Morgan fingerprint density at radius 2 is 2.33 bits per heavy atom. The van der Waals surface area contributed by atoms with Crippen LogP contribution in [0.3, 0.4) is 0 Å². The van der Waals surface area contributed by atoms with Crippen LogP contribution < -0.4 is 5.73 Å². The molecule has 2 nitrogen and oxygen atoms in total. The van der Waals surface area contributed by atoms with Crippen LogP contribution in [0.1, 0.15) is 16.5 Å². The fraction of sp³-hybridized carbons (Fsp3) is 0.125. The Bertz CT molecular complexity index is 292. The van der Waals surface area contributed by atoms with E-state index in [1.165, 1.54) is 17.1 Å². The van der Waals surface area contributed by atoms with Crippen molar-refractivity contribution in [2.45, 2.75) is 6.04 Å². The molecule has 0 aliphatic carbocycles. The summed E-state index contributed by atoms with van der Waals surface area (Å²) in [5.41, 5.74) is 7.15. The molecule has 12 heavy (non-hydrogen) atoms. The van der Waals surface area contributed by atoms with Crippen LogP contribution in [0.15, 0.2) is 29.1 Å². The molecule has 0 radical (unpaired) electrons. The van der Waals surface area contributed by atoms with Gasteiger partial charge in [-0.3, -0.25) is 0 Å². The van der Waals surface area contributed by atoms with Crippen molar-refractivity contribution in [3.63, 3.8) is 0 Å². The Morgan fingerprint density at radius 1 is 1.42 bits per heavy atom. The lowest BCUT2D eigenvalue weighted by atomic mass is 10.1. The second-order valence-electron chi connectivity index (χ2n) is 2.45. The zero-order chi connectivity index (χ0) is 8.39. The predicted molar refractivity (Wildman–Crippen MR) is 52.5 cm³/mol. The van der Waals surface area contributed by atoms with E-state index < -0.39 is 0 Å². The van der Waals surface area contributed by atoms with E-state index in [-0.39, 0.29) is 6.04 Å². The van der Waals surface area contributed by atoms with Gasteiger partial charge in [-0.25, -0.2) is 4.37 Å². The number of thiophene rings is 1. The summed E-state index contributed by atoms with van der Waals surface area (Å²) in [6.45, 7) is 0. The van der Waals surface area contributed by atoms with Crippen molar-refractivity contribution in [3.05, 3.63) is 39.5 Å². The Kier molecular flexibility index (Phi) is 2.21. The summed E-state index contributed by atoms with van der Waals surface area (Å²) < 4.78 is 4.02. The predicted octanol–water partition coefficient (Wildman–Crippen LogP) is 2.25. The summed E-state index contributed by atoms with van der Waals surface area (Å²) >= 11 is 3.13. The monoisotopic (exact) mass is 196 g/mol. The van der Waals surface area contributed by atoms with Crippen LogP contribution in [0.25, 0.3) is 0 Å². The van der Waals surface area contributed by atoms with Gasteiger partial charge in [0.25, 0.3) is 0 Å². The lowest BCUT2D eigenvalue weighted by Crippen LogP contribution is -2.08. The minimum Gasteiger partial charge on any atom is -0.320 e. The fourth-order valence-electron chi connectivity index (χ4n) is 1.00. The normalized spacial score (nSPS) is 13.1. The number of hydrogen-bond donors (Lipinski definition) is 1. The Hall–Kier alpha value is -0.710. The van der Waals surface area contributed by atoms with Crippen molar-refractivity contribution >= 4 is 22.9 Å². The molecule has 2 aromatic rings. The first-order valence-electron chi connectivity index (χ1n) is 3.56. The van der Waals surface area contributed by atoms with E-state index in [2.05, 4.69) is 15.8 Å². The third-order valence-electron chi connectivity index (χ3n) is 1.67. The third kappa shape index (κ3) is 1.41. The molecule has 0 saturated carbocycles. The molecule has 0 fully saturated rings. The van der Waals surface area contributed by atoms with Crippen molar-refractivity contribution in [1.29, 1.82) is 0 Å². The topological polar surface area (TPSA) is 38.9 Å². The highest BCUT2D eigenvalue weighted by Gasteiger charge is 2.09. The van der Waals surface area contributed by atoms with Gasteiger partial charge in [0.2, 0.25) is 0 Å². The molecule has 0 bridgehead atoms. The zero-order valence-corrected chi connectivity index (χ0v) is 7.94. The maximum absolute atomic E-state index is 5.98. The zero-order valence-electron chi connectivity index (χ0n) is 6.31. The second kappa shape index (κ2) is 3.35. The summed E-state index contributed by atoms with van der Waals surface area (Å²) in [4.78, 5) is 1.12. The lowest BCUT2D eigenvalue weighted by molar-refractivity contribution is 0.899. The van der Waals surface area contributed by atoms with Gasteiger partial charge in [-0.2, -0.15) is 11.3 Å². The van der Waals surface area contributed by atoms with Gasteiger partial charge in [0.15, 0.2) is 0 Å². The lowest BCUT2D eigenvalue weighted by Gasteiger charge is -2.04. The maximum Gasteiger partial charge on any atom is 0.0670 e. The molecule has 0 spiro atoms. The molecular formula is C8H8N2S2. The fourth-order valence-corrected chi connectivity index (χ4v) is 2.31. The molecule has 2 aromatic heterocycles. The molecule has 0 amide bonds. The van der Waals surface area contributed by atoms with Crippen molar-refractivity contribution < 1.29 is 0 Å². The van der Waals surface area contributed by atoms with Gasteiger partial charge in [-0.15, -0.1) is 0 Å². The van der Waals surface area contributed by atoms with E-state index in [1.807, 2.05) is 11.4 Å². The van der Waals surface area contributed by atoms with Crippen LogP contribution in [-0.4, -0.2) is 4.37 Å². The average Bonchev–Trinajstić information content (AvgIpc) is 2.77. The first-order valence-corrected chi connectivity index (χ1v) is 5.28. The average molecular weight is 196 g/mol. The van der Waals surface area contributed by atoms with E-state index >= 15 is 0 Å². The minimum absolute atomic E-state index is 0.00347. The van der Waals surface area contributed by atoms with Crippen LogP contribution in [0.2, 0.25) is 0 Å². The summed E-state index contributed by atoms with van der Waals surface area (Å²) in [6.07, 6.45) is 1.78. The van der Waals surface area contributed by atoms with Crippen LogP contribution in [0.5, 0.6) is 0 Å². The molecular weight excluding hydrogens is 188 g/mol. The minimum atomic E-state index is 0.00347. The van der Waals surface area contributed by atoms with Crippen molar-refractivity contribution in [2.75, 3.05) is 0 Å². The van der Waals surface area contributed by atoms with E-state index in [1.54, 1.807) is 17.5 Å². The van der Waals surface area contributed by atoms with Crippen molar-refractivity contribution in [3.8, 4) is 0 Å². The molecule has 1 atom stereocenters. The van der Waals surface area contributed by atoms with Gasteiger partial charge in [-0.1, -0.05) is 0 Å². The summed E-state index contributed by atoms with van der Waals surface area (Å²) in [5.74, 6) is 0. The molecule has 2 rings (SSSR count). The molecule has 1 unspecified atom stereocenters. The van der Waals surface area contributed by atoms with Crippen LogP contribution in [0, 0.1) is 0 Å². The highest BCUT2D eigenvalue weighted by atomic mass is 32.1. The van der Waals surface area contributed by atoms with Crippen molar-refractivity contribution in [2.24, 2.45) is 5.73 Å². The van der Waals surface area contributed by atoms with Crippen LogP contribution in [-0.2, 0) is 0 Å². The first-order chi connectivity index (χ1) is 5.88. The van der Waals surface area contributed by atoms with Gasteiger partial charge in [-0.05, 0) is 40.0 Å². The van der Waals surface area contributed by atoms with Gasteiger partial charge >= 0.3 is 0 Å². The van der Waals surface area contributed by atoms with Crippen LogP contribution >= 0.6 is 22.9 Å². The Labute approximate surface area is 78.8 Å². The van der Waals surface area contributed by atoms with Gasteiger partial charge in [0, 0.05) is 11.1 Å². The second-order valence-corrected chi connectivity index (χ2v) is 4.09. The summed E-state index contributed by atoms with van der Waals surface area (Å²) in [6, 6.07) is 4.02. The standard InChI is InChI=1S/C8H8N2S2/c9-8(6-2-4-11-5-6)7-1-3-10-12-7/h1-5,8H,9H2. The summed E-state index contributed by atoms with van der Waals surface area (Å²) in [7, 11) is 0. The molecule has 0 aliphatic rings. The largest absolute Gasteiger partial charge is 0.320 e. The molecule has 62 valence electrons. The van der Waals surface area contributed by atoms with Crippen LogP contribution in [0.4, 0.5) is 0 Å². The quantitative estimate of drug-likeness (QED) is 0.800.